The van der Waals surface area contributed by atoms with Crippen LogP contribution in [0.3, 0.4) is 0 Å². The Balaban J connectivity index is 0.000000720. The second-order valence-corrected chi connectivity index (χ2v) is 2.98. The maximum atomic E-state index is 4.18. The SMILES string of the molecule is CC[C@@H]1CCn2nccc2N1.[HH]. The standard InChI is InChI=1S/C8H13N3.H2/c1-2-7-4-6-11-8(10-7)3-5-9-11;/h3,5,7,10H,2,4,6H2,1H3;1H/t7-;/m1./s1. The van der Waals surface area contributed by atoms with Gasteiger partial charge in [0.1, 0.15) is 5.82 Å². The number of hydrogen-bond acceptors (Lipinski definition) is 2. The smallest absolute Gasteiger partial charge is 0.124 e. The van der Waals surface area contributed by atoms with Crippen LogP contribution in [-0.4, -0.2) is 15.8 Å². The number of fused-ring (bicyclic) bond motifs is 1. The van der Waals surface area contributed by atoms with E-state index in [1.807, 2.05) is 16.9 Å². The molecule has 1 aliphatic heterocycles. The molecule has 1 aliphatic rings. The third-order valence-electron chi connectivity index (χ3n) is 2.25. The molecule has 0 saturated carbocycles. The Hall–Kier alpha value is -0.990. The fourth-order valence-electron chi connectivity index (χ4n) is 1.50. The zero-order valence-electron chi connectivity index (χ0n) is 6.75. The summed E-state index contributed by atoms with van der Waals surface area (Å²) in [6.45, 7) is 3.28. The van der Waals surface area contributed by atoms with Crippen LogP contribution < -0.4 is 5.32 Å². The highest BCUT2D eigenvalue weighted by atomic mass is 15.3. The van der Waals surface area contributed by atoms with Gasteiger partial charge in [0.15, 0.2) is 0 Å². The lowest BCUT2D eigenvalue weighted by Crippen LogP contribution is -2.27. The lowest BCUT2D eigenvalue weighted by molar-refractivity contribution is 0.486. The van der Waals surface area contributed by atoms with Crippen molar-refractivity contribution in [2.45, 2.75) is 32.4 Å². The number of aryl methyl sites for hydroxylation is 1. The van der Waals surface area contributed by atoms with Gasteiger partial charge in [-0.1, -0.05) is 6.92 Å². The number of hydrogen-bond donors (Lipinski definition) is 1. The average molecular weight is 153 g/mol. The van der Waals surface area contributed by atoms with E-state index in [4.69, 9.17) is 0 Å². The highest BCUT2D eigenvalue weighted by Crippen LogP contribution is 2.17. The first-order chi connectivity index (χ1) is 5.40. The first kappa shape index (κ1) is 6.70. The number of rotatable bonds is 1. The summed E-state index contributed by atoms with van der Waals surface area (Å²) in [5.74, 6) is 1.17. The largest absolute Gasteiger partial charge is 0.367 e. The van der Waals surface area contributed by atoms with E-state index in [9.17, 15) is 0 Å². The van der Waals surface area contributed by atoms with E-state index in [-0.39, 0.29) is 1.43 Å². The molecule has 11 heavy (non-hydrogen) atoms. The molecule has 0 spiro atoms. The normalized spacial score (nSPS) is 22.5. The molecule has 0 aromatic carbocycles. The first-order valence-corrected chi connectivity index (χ1v) is 4.18. The molecular weight excluding hydrogens is 138 g/mol. The van der Waals surface area contributed by atoms with E-state index in [0.717, 1.165) is 6.54 Å². The van der Waals surface area contributed by atoms with Crippen molar-refractivity contribution in [1.29, 1.82) is 0 Å². The van der Waals surface area contributed by atoms with Crippen molar-refractivity contribution < 1.29 is 1.43 Å². The fourth-order valence-corrected chi connectivity index (χ4v) is 1.50. The van der Waals surface area contributed by atoms with Crippen LogP contribution in [0.15, 0.2) is 12.3 Å². The van der Waals surface area contributed by atoms with Crippen molar-refractivity contribution in [3.63, 3.8) is 0 Å². The molecule has 0 aliphatic carbocycles. The minimum absolute atomic E-state index is 0. The van der Waals surface area contributed by atoms with Crippen molar-refractivity contribution in [3.8, 4) is 0 Å². The van der Waals surface area contributed by atoms with Gasteiger partial charge in [0, 0.05) is 20.1 Å². The van der Waals surface area contributed by atoms with Crippen molar-refractivity contribution in [1.82, 2.24) is 9.78 Å². The second-order valence-electron chi connectivity index (χ2n) is 2.98. The minimum atomic E-state index is 0. The molecule has 0 bridgehead atoms. The zero-order chi connectivity index (χ0) is 7.68. The van der Waals surface area contributed by atoms with Crippen molar-refractivity contribution in [2.75, 3.05) is 5.32 Å². The van der Waals surface area contributed by atoms with Gasteiger partial charge in [-0.2, -0.15) is 5.10 Å². The van der Waals surface area contributed by atoms with Crippen LogP contribution in [0.2, 0.25) is 0 Å². The third kappa shape index (κ3) is 1.11. The molecule has 2 rings (SSSR count). The van der Waals surface area contributed by atoms with E-state index >= 15 is 0 Å². The number of nitrogens with zero attached hydrogens (tertiary/aromatic N) is 2. The predicted octanol–water partition coefficient (Wildman–Crippen LogP) is 1.72. The zero-order valence-corrected chi connectivity index (χ0v) is 6.75. The summed E-state index contributed by atoms with van der Waals surface area (Å²) in [7, 11) is 0. The topological polar surface area (TPSA) is 29.9 Å². The Morgan fingerprint density at radius 3 is 3.64 bits per heavy atom. The molecule has 0 saturated heterocycles. The predicted molar refractivity (Wildman–Crippen MR) is 46.7 cm³/mol. The Morgan fingerprint density at radius 2 is 2.82 bits per heavy atom. The monoisotopic (exact) mass is 153 g/mol. The fraction of sp³-hybridized carbons (Fsp3) is 0.625. The molecule has 3 heteroatoms. The van der Waals surface area contributed by atoms with Gasteiger partial charge in [-0.3, -0.25) is 0 Å². The summed E-state index contributed by atoms with van der Waals surface area (Å²) in [5.41, 5.74) is 0. The van der Waals surface area contributed by atoms with Gasteiger partial charge in [-0.15, -0.1) is 0 Å². The molecule has 0 amide bonds. The van der Waals surface area contributed by atoms with Crippen molar-refractivity contribution in [3.05, 3.63) is 12.3 Å². The van der Waals surface area contributed by atoms with E-state index in [0.29, 0.717) is 6.04 Å². The van der Waals surface area contributed by atoms with E-state index in [1.54, 1.807) is 0 Å². The summed E-state index contributed by atoms with van der Waals surface area (Å²) in [5, 5.41) is 7.61. The Morgan fingerprint density at radius 1 is 1.91 bits per heavy atom. The van der Waals surface area contributed by atoms with Crippen LogP contribution in [0.25, 0.3) is 0 Å². The molecule has 0 unspecified atom stereocenters. The summed E-state index contributed by atoms with van der Waals surface area (Å²) < 4.78 is 2.02. The highest BCUT2D eigenvalue weighted by molar-refractivity contribution is 5.36. The van der Waals surface area contributed by atoms with Gasteiger partial charge in [-0.05, 0) is 12.8 Å². The van der Waals surface area contributed by atoms with Gasteiger partial charge < -0.3 is 5.32 Å². The van der Waals surface area contributed by atoms with Gasteiger partial charge in [0.25, 0.3) is 0 Å². The van der Waals surface area contributed by atoms with Crippen LogP contribution in [0.4, 0.5) is 5.82 Å². The molecule has 1 aromatic rings. The van der Waals surface area contributed by atoms with Gasteiger partial charge in [0.2, 0.25) is 0 Å². The maximum absolute atomic E-state index is 4.18. The lowest BCUT2D eigenvalue weighted by Gasteiger charge is -2.24. The van der Waals surface area contributed by atoms with E-state index in [1.165, 1.54) is 18.7 Å². The molecule has 2 heterocycles. The molecule has 1 N–H and O–H groups in total. The molecule has 3 nitrogen and oxygen atoms in total. The van der Waals surface area contributed by atoms with Crippen LogP contribution >= 0.6 is 0 Å². The molecule has 1 atom stereocenters. The minimum Gasteiger partial charge on any atom is -0.367 e. The number of aromatic nitrogens is 2. The molecule has 0 radical (unpaired) electrons. The maximum Gasteiger partial charge on any atom is 0.124 e. The summed E-state index contributed by atoms with van der Waals surface area (Å²) in [6.07, 6.45) is 4.25. The van der Waals surface area contributed by atoms with E-state index < -0.39 is 0 Å². The van der Waals surface area contributed by atoms with Gasteiger partial charge in [0.05, 0.1) is 6.20 Å². The number of nitrogens with one attached hydrogen (secondary N) is 1. The lowest BCUT2D eigenvalue weighted by atomic mass is 10.1. The van der Waals surface area contributed by atoms with Crippen LogP contribution in [-0.2, 0) is 6.54 Å². The Kier molecular flexibility index (Phi) is 1.56. The summed E-state index contributed by atoms with van der Waals surface area (Å²) >= 11 is 0. The summed E-state index contributed by atoms with van der Waals surface area (Å²) in [6, 6.07) is 2.68. The van der Waals surface area contributed by atoms with Crippen molar-refractivity contribution >= 4 is 5.82 Å². The third-order valence-corrected chi connectivity index (χ3v) is 2.25. The molecule has 0 fully saturated rings. The van der Waals surface area contributed by atoms with Gasteiger partial charge in [-0.25, -0.2) is 4.68 Å². The molecule has 62 valence electrons. The van der Waals surface area contributed by atoms with Crippen LogP contribution in [0, 0.1) is 0 Å². The van der Waals surface area contributed by atoms with Crippen molar-refractivity contribution in [2.24, 2.45) is 0 Å². The molecular formula is C8H15N3. The van der Waals surface area contributed by atoms with E-state index in [2.05, 4.69) is 17.3 Å². The Labute approximate surface area is 67.9 Å². The highest BCUT2D eigenvalue weighted by Gasteiger charge is 2.14. The number of anilines is 1. The Bertz CT molecular complexity index is 246. The average Bonchev–Trinajstić information content (AvgIpc) is 2.50. The van der Waals surface area contributed by atoms with Gasteiger partial charge >= 0.3 is 0 Å². The quantitative estimate of drug-likeness (QED) is 0.665. The summed E-state index contributed by atoms with van der Waals surface area (Å²) in [4.78, 5) is 0. The molecule has 1 aromatic heterocycles. The van der Waals surface area contributed by atoms with Crippen LogP contribution in [0.1, 0.15) is 21.2 Å². The first-order valence-electron chi connectivity index (χ1n) is 4.18. The second kappa shape index (κ2) is 2.57. The van der Waals surface area contributed by atoms with Crippen LogP contribution in [0.5, 0.6) is 0 Å².